The number of carbonyl (C=O) groups is 2. The van der Waals surface area contributed by atoms with E-state index >= 15 is 0 Å². The van der Waals surface area contributed by atoms with Gasteiger partial charge in [-0.1, -0.05) is 32.0 Å². The van der Waals surface area contributed by atoms with Crippen molar-refractivity contribution in [3.63, 3.8) is 0 Å². The summed E-state index contributed by atoms with van der Waals surface area (Å²) in [5.41, 5.74) is 2.56. The molecule has 0 bridgehead atoms. The maximum Gasteiger partial charge on any atom is 0.262 e. The van der Waals surface area contributed by atoms with E-state index < -0.39 is 0 Å². The molecule has 0 fully saturated rings. The highest BCUT2D eigenvalue weighted by Gasteiger charge is 2.08. The number of benzene rings is 2. The highest BCUT2D eigenvalue weighted by Crippen LogP contribution is 2.20. The van der Waals surface area contributed by atoms with Crippen LogP contribution in [0.2, 0.25) is 0 Å². The van der Waals surface area contributed by atoms with Crippen molar-refractivity contribution in [1.29, 1.82) is 0 Å². The van der Waals surface area contributed by atoms with Crippen molar-refractivity contribution in [1.82, 2.24) is 0 Å². The van der Waals surface area contributed by atoms with E-state index in [1.165, 1.54) is 17.4 Å². The Bertz CT molecular complexity index is 739. The van der Waals surface area contributed by atoms with Gasteiger partial charge in [-0.3, -0.25) is 9.59 Å². The summed E-state index contributed by atoms with van der Waals surface area (Å²) in [6.07, 6.45) is 0. The van der Waals surface area contributed by atoms with Crippen LogP contribution >= 0.6 is 0 Å². The molecule has 0 aliphatic rings. The van der Waals surface area contributed by atoms with Crippen LogP contribution in [0.4, 0.5) is 11.4 Å². The second-order valence-electron chi connectivity index (χ2n) is 6.19. The maximum atomic E-state index is 12.1. The molecule has 2 rings (SSSR count). The van der Waals surface area contributed by atoms with Gasteiger partial charge in [-0.2, -0.15) is 0 Å². The second kappa shape index (κ2) is 8.33. The normalized spacial score (nSPS) is 10.4. The van der Waals surface area contributed by atoms with Crippen LogP contribution in [0.25, 0.3) is 0 Å². The summed E-state index contributed by atoms with van der Waals surface area (Å²) >= 11 is 0. The first-order chi connectivity index (χ1) is 11.9. The third kappa shape index (κ3) is 5.35. The van der Waals surface area contributed by atoms with E-state index in [1.807, 2.05) is 30.3 Å². The lowest BCUT2D eigenvalue weighted by atomic mass is 10.0. The molecule has 5 nitrogen and oxygen atoms in total. The lowest BCUT2D eigenvalue weighted by Crippen LogP contribution is -2.23. The first kappa shape index (κ1) is 18.5. The van der Waals surface area contributed by atoms with Crippen molar-refractivity contribution in [2.75, 3.05) is 23.9 Å². The van der Waals surface area contributed by atoms with Crippen molar-refractivity contribution in [2.45, 2.75) is 26.7 Å². The van der Waals surface area contributed by atoms with E-state index in [1.54, 1.807) is 25.2 Å². The number of carbonyl (C=O) groups excluding carboxylic acids is 2. The van der Waals surface area contributed by atoms with Gasteiger partial charge in [0.15, 0.2) is 6.61 Å². The molecule has 2 aromatic carbocycles. The number of ether oxygens (including phenoxy) is 1. The standard InChI is InChI=1S/C20H24N2O3/c1-14(2)16-8-10-19(11-9-16)25-13-20(24)21-17-6-5-7-18(12-17)22(4)15(3)23/h5-12,14H,13H2,1-4H3,(H,21,24). The number of nitrogens with one attached hydrogen (secondary N) is 1. The van der Waals surface area contributed by atoms with Gasteiger partial charge in [0.2, 0.25) is 5.91 Å². The van der Waals surface area contributed by atoms with Gasteiger partial charge in [0, 0.05) is 25.3 Å². The Balaban J connectivity index is 1.92. The smallest absolute Gasteiger partial charge is 0.262 e. The molecule has 25 heavy (non-hydrogen) atoms. The quantitative estimate of drug-likeness (QED) is 0.870. The van der Waals surface area contributed by atoms with E-state index in [2.05, 4.69) is 19.2 Å². The van der Waals surface area contributed by atoms with Crippen molar-refractivity contribution in [2.24, 2.45) is 0 Å². The Morgan fingerprint density at radius 3 is 2.40 bits per heavy atom. The molecule has 0 saturated carbocycles. The predicted molar refractivity (Wildman–Crippen MR) is 100 cm³/mol. The summed E-state index contributed by atoms with van der Waals surface area (Å²) in [7, 11) is 1.69. The average Bonchev–Trinajstić information content (AvgIpc) is 2.59. The number of hydrogen-bond acceptors (Lipinski definition) is 3. The number of rotatable bonds is 6. The Morgan fingerprint density at radius 2 is 1.80 bits per heavy atom. The molecule has 0 saturated heterocycles. The number of nitrogens with zero attached hydrogens (tertiary/aromatic N) is 1. The van der Waals surface area contributed by atoms with Crippen molar-refractivity contribution < 1.29 is 14.3 Å². The molecule has 5 heteroatoms. The van der Waals surface area contributed by atoms with Gasteiger partial charge in [0.05, 0.1) is 0 Å². The molecule has 0 spiro atoms. The SMILES string of the molecule is CC(=O)N(C)c1cccc(NC(=O)COc2ccc(C(C)C)cc2)c1. The molecule has 0 radical (unpaired) electrons. The highest BCUT2D eigenvalue weighted by atomic mass is 16.5. The van der Waals surface area contributed by atoms with Crippen LogP contribution in [0.3, 0.4) is 0 Å². The van der Waals surface area contributed by atoms with Crippen molar-refractivity contribution in [3.8, 4) is 5.75 Å². The number of amides is 2. The third-order valence-electron chi connectivity index (χ3n) is 3.91. The van der Waals surface area contributed by atoms with Gasteiger partial charge < -0.3 is 15.0 Å². The van der Waals surface area contributed by atoms with Gasteiger partial charge in [0.25, 0.3) is 5.91 Å². The van der Waals surface area contributed by atoms with E-state index in [0.717, 1.165) is 5.69 Å². The Morgan fingerprint density at radius 1 is 1.12 bits per heavy atom. The monoisotopic (exact) mass is 340 g/mol. The van der Waals surface area contributed by atoms with E-state index in [9.17, 15) is 9.59 Å². The molecule has 0 heterocycles. The Hall–Kier alpha value is -2.82. The van der Waals surface area contributed by atoms with E-state index in [-0.39, 0.29) is 18.4 Å². The number of hydrogen-bond donors (Lipinski definition) is 1. The molecule has 0 unspecified atom stereocenters. The zero-order valence-electron chi connectivity index (χ0n) is 15.1. The van der Waals surface area contributed by atoms with Crippen LogP contribution in [0.1, 0.15) is 32.3 Å². The number of anilines is 2. The lowest BCUT2D eigenvalue weighted by Gasteiger charge is -2.16. The average molecular weight is 340 g/mol. The van der Waals surface area contributed by atoms with Crippen molar-refractivity contribution >= 4 is 23.2 Å². The summed E-state index contributed by atoms with van der Waals surface area (Å²) in [5, 5.41) is 2.77. The van der Waals surface area contributed by atoms with Gasteiger partial charge in [-0.05, 0) is 41.8 Å². The van der Waals surface area contributed by atoms with Crippen LogP contribution in [0.5, 0.6) is 5.75 Å². The zero-order valence-corrected chi connectivity index (χ0v) is 15.1. The minimum atomic E-state index is -0.254. The summed E-state index contributed by atoms with van der Waals surface area (Å²) in [6.45, 7) is 5.67. The van der Waals surface area contributed by atoms with E-state index in [0.29, 0.717) is 17.4 Å². The first-order valence-electron chi connectivity index (χ1n) is 8.24. The molecule has 0 aliphatic carbocycles. The molecule has 0 atom stereocenters. The molecular weight excluding hydrogens is 316 g/mol. The van der Waals surface area contributed by atoms with Gasteiger partial charge >= 0.3 is 0 Å². The van der Waals surface area contributed by atoms with E-state index in [4.69, 9.17) is 4.74 Å². The second-order valence-corrected chi connectivity index (χ2v) is 6.19. The summed E-state index contributed by atoms with van der Waals surface area (Å²) in [4.78, 5) is 25.0. The van der Waals surface area contributed by atoms with Crippen LogP contribution in [-0.2, 0) is 9.59 Å². The topological polar surface area (TPSA) is 58.6 Å². The first-order valence-corrected chi connectivity index (χ1v) is 8.24. The maximum absolute atomic E-state index is 12.1. The Labute approximate surface area is 148 Å². The fourth-order valence-electron chi connectivity index (χ4n) is 2.27. The van der Waals surface area contributed by atoms with Crippen LogP contribution in [-0.4, -0.2) is 25.5 Å². The van der Waals surface area contributed by atoms with Gasteiger partial charge in [-0.15, -0.1) is 0 Å². The van der Waals surface area contributed by atoms with Crippen LogP contribution in [0.15, 0.2) is 48.5 Å². The fraction of sp³-hybridized carbons (Fsp3) is 0.300. The molecule has 0 aromatic heterocycles. The molecular formula is C20H24N2O3. The van der Waals surface area contributed by atoms with Crippen LogP contribution in [0, 0.1) is 0 Å². The predicted octanol–water partition coefficient (Wildman–Crippen LogP) is 3.81. The Kier molecular flexibility index (Phi) is 6.17. The zero-order chi connectivity index (χ0) is 18.4. The summed E-state index contributed by atoms with van der Waals surface area (Å²) in [6, 6.07) is 14.8. The molecule has 0 aliphatic heterocycles. The minimum absolute atomic E-state index is 0.0725. The van der Waals surface area contributed by atoms with Crippen LogP contribution < -0.4 is 15.0 Å². The molecule has 1 N–H and O–H groups in total. The minimum Gasteiger partial charge on any atom is -0.484 e. The van der Waals surface area contributed by atoms with Gasteiger partial charge in [0.1, 0.15) is 5.75 Å². The van der Waals surface area contributed by atoms with Crippen molar-refractivity contribution in [3.05, 3.63) is 54.1 Å². The van der Waals surface area contributed by atoms with Gasteiger partial charge in [-0.25, -0.2) is 0 Å². The largest absolute Gasteiger partial charge is 0.484 e. The molecule has 2 amide bonds. The molecule has 132 valence electrons. The lowest BCUT2D eigenvalue weighted by molar-refractivity contribution is -0.118. The third-order valence-corrected chi connectivity index (χ3v) is 3.91. The summed E-state index contributed by atoms with van der Waals surface area (Å²) < 4.78 is 5.51. The summed E-state index contributed by atoms with van der Waals surface area (Å²) in [5.74, 6) is 0.787. The fourth-order valence-corrected chi connectivity index (χ4v) is 2.27. The highest BCUT2D eigenvalue weighted by molar-refractivity contribution is 5.94. The molecule has 2 aromatic rings.